The van der Waals surface area contributed by atoms with Gasteiger partial charge >= 0.3 is 0 Å². The highest BCUT2D eigenvalue weighted by atomic mass is 32.2. The molecular weight excluding hydrogens is 380 g/mol. The van der Waals surface area contributed by atoms with Gasteiger partial charge < -0.3 is 10.6 Å². The van der Waals surface area contributed by atoms with Crippen molar-refractivity contribution in [3.05, 3.63) is 35.8 Å². The molecule has 3 N–H and O–H groups in total. The molecule has 2 rings (SSSR count). The molecular formula is C15H18N4O3S3. The Morgan fingerprint density at radius 2 is 2.00 bits per heavy atom. The Hall–Kier alpha value is -2.04. The zero-order valence-corrected chi connectivity index (χ0v) is 15.9. The maximum Gasteiger partial charge on any atom is 0.263 e. The summed E-state index contributed by atoms with van der Waals surface area (Å²) in [5.41, 5.74) is 0.578. The fourth-order valence-corrected chi connectivity index (χ4v) is 3.87. The minimum atomic E-state index is -3.69. The molecule has 0 aliphatic rings. The Morgan fingerprint density at radius 1 is 1.28 bits per heavy atom. The molecule has 1 amide bonds. The molecule has 7 nitrogen and oxygen atoms in total. The number of thiocarbonyl (C=S) groups is 1. The summed E-state index contributed by atoms with van der Waals surface area (Å²) >= 11 is 6.26. The molecule has 25 heavy (non-hydrogen) atoms. The third kappa shape index (κ3) is 6.07. The molecule has 1 heterocycles. The Kier molecular flexibility index (Phi) is 6.85. The molecule has 1 aromatic carbocycles. The van der Waals surface area contributed by atoms with E-state index < -0.39 is 10.0 Å². The molecule has 1 aromatic heterocycles. The van der Waals surface area contributed by atoms with Gasteiger partial charge in [-0.3, -0.25) is 9.52 Å². The van der Waals surface area contributed by atoms with Crippen molar-refractivity contribution < 1.29 is 13.2 Å². The molecule has 0 spiro atoms. The highest BCUT2D eigenvalue weighted by molar-refractivity contribution is 7.93. The minimum absolute atomic E-state index is 0.103. The number of nitrogens with one attached hydrogen (secondary N) is 3. The van der Waals surface area contributed by atoms with Crippen LogP contribution in [0.15, 0.2) is 40.7 Å². The number of thiazole rings is 1. The molecule has 0 aliphatic carbocycles. The predicted octanol–water partition coefficient (Wildman–Crippen LogP) is 2.95. The molecule has 10 heteroatoms. The van der Waals surface area contributed by atoms with Gasteiger partial charge in [0.05, 0.1) is 4.90 Å². The molecule has 0 saturated heterocycles. The van der Waals surface area contributed by atoms with Gasteiger partial charge in [-0.25, -0.2) is 13.4 Å². The summed E-state index contributed by atoms with van der Waals surface area (Å²) in [6, 6.07) is 6.03. The van der Waals surface area contributed by atoms with Crippen LogP contribution in [0.3, 0.4) is 0 Å². The Morgan fingerprint density at radius 3 is 2.60 bits per heavy atom. The lowest BCUT2D eigenvalue weighted by Gasteiger charge is -2.10. The summed E-state index contributed by atoms with van der Waals surface area (Å²) in [5, 5.41) is 7.59. The van der Waals surface area contributed by atoms with Crippen LogP contribution < -0.4 is 15.4 Å². The quantitative estimate of drug-likeness (QED) is 0.620. The summed E-state index contributed by atoms with van der Waals surface area (Å²) in [7, 11) is -3.69. The standard InChI is InChI=1S/C15H18N4O3S3/c1-2-3-4-13(20)18-14(23)17-11-5-7-12(8-6-11)25(21,22)19-15-16-9-10-24-15/h5-10H,2-4H2,1H3,(H,16,19)(H2,17,18,20,23). The molecule has 0 unspecified atom stereocenters. The minimum Gasteiger partial charge on any atom is -0.332 e. The van der Waals surface area contributed by atoms with Crippen molar-refractivity contribution in [3.8, 4) is 0 Å². The van der Waals surface area contributed by atoms with E-state index in [1.165, 1.54) is 29.7 Å². The van der Waals surface area contributed by atoms with Crippen LogP contribution in [0.2, 0.25) is 0 Å². The van der Waals surface area contributed by atoms with E-state index in [0.717, 1.165) is 12.8 Å². The first-order chi connectivity index (χ1) is 11.9. The van der Waals surface area contributed by atoms with Gasteiger partial charge in [0, 0.05) is 23.7 Å². The molecule has 0 saturated carbocycles. The van der Waals surface area contributed by atoms with E-state index in [1.807, 2.05) is 6.92 Å². The molecule has 0 aliphatic heterocycles. The predicted molar refractivity (Wildman–Crippen MR) is 103 cm³/mol. The number of unbranched alkanes of at least 4 members (excludes halogenated alkanes) is 1. The monoisotopic (exact) mass is 398 g/mol. The van der Waals surface area contributed by atoms with Crippen LogP contribution in [0.1, 0.15) is 26.2 Å². The molecule has 2 aromatic rings. The van der Waals surface area contributed by atoms with Crippen LogP contribution in [0, 0.1) is 0 Å². The lowest BCUT2D eigenvalue weighted by molar-refractivity contribution is -0.119. The van der Waals surface area contributed by atoms with Crippen molar-refractivity contribution >= 4 is 55.4 Å². The second kappa shape index (κ2) is 8.88. The van der Waals surface area contributed by atoms with E-state index in [0.29, 0.717) is 17.2 Å². The third-order valence-corrected chi connectivity index (χ3v) is 5.46. The number of hydrogen-bond acceptors (Lipinski definition) is 6. The van der Waals surface area contributed by atoms with E-state index in [4.69, 9.17) is 12.2 Å². The Bertz CT molecular complexity index is 818. The Balaban J connectivity index is 1.95. The summed E-state index contributed by atoms with van der Waals surface area (Å²) < 4.78 is 26.9. The highest BCUT2D eigenvalue weighted by Gasteiger charge is 2.15. The number of carbonyl (C=O) groups excluding carboxylic acids is 1. The van der Waals surface area contributed by atoms with Gasteiger partial charge in [0.2, 0.25) is 5.91 Å². The third-order valence-electron chi connectivity index (χ3n) is 3.09. The lowest BCUT2D eigenvalue weighted by atomic mass is 10.2. The summed E-state index contributed by atoms with van der Waals surface area (Å²) in [6.07, 6.45) is 3.66. The van der Waals surface area contributed by atoms with Gasteiger partial charge in [0.1, 0.15) is 0 Å². The Labute approximate surface area is 155 Å². The summed E-state index contributed by atoms with van der Waals surface area (Å²) in [6.45, 7) is 2.00. The SMILES string of the molecule is CCCCC(=O)NC(=S)Nc1ccc(S(=O)(=O)Nc2nccs2)cc1. The molecule has 0 atom stereocenters. The van der Waals surface area contributed by atoms with Gasteiger partial charge in [0.25, 0.3) is 10.0 Å². The zero-order chi connectivity index (χ0) is 18.3. The molecule has 0 bridgehead atoms. The first-order valence-corrected chi connectivity index (χ1v) is 10.3. The molecule has 0 fully saturated rings. The normalized spacial score (nSPS) is 10.9. The number of hydrogen-bond donors (Lipinski definition) is 3. The largest absolute Gasteiger partial charge is 0.332 e. The van der Waals surface area contributed by atoms with Gasteiger partial charge in [-0.15, -0.1) is 11.3 Å². The first kappa shape index (κ1) is 19.3. The topological polar surface area (TPSA) is 100 Å². The fraction of sp³-hybridized carbons (Fsp3) is 0.267. The van der Waals surface area contributed by atoms with E-state index in [9.17, 15) is 13.2 Å². The number of nitrogens with zero attached hydrogens (tertiary/aromatic N) is 1. The van der Waals surface area contributed by atoms with E-state index in [2.05, 4.69) is 20.3 Å². The zero-order valence-electron chi connectivity index (χ0n) is 13.5. The average Bonchev–Trinajstić information content (AvgIpc) is 3.05. The van der Waals surface area contributed by atoms with Crippen molar-refractivity contribution in [2.24, 2.45) is 0 Å². The number of benzene rings is 1. The number of anilines is 2. The maximum atomic E-state index is 12.2. The van der Waals surface area contributed by atoms with Crippen LogP contribution in [-0.2, 0) is 14.8 Å². The van der Waals surface area contributed by atoms with E-state index in [1.54, 1.807) is 17.5 Å². The van der Waals surface area contributed by atoms with Crippen LogP contribution in [0.4, 0.5) is 10.8 Å². The van der Waals surface area contributed by atoms with Crippen molar-refractivity contribution in [3.63, 3.8) is 0 Å². The van der Waals surface area contributed by atoms with Crippen molar-refractivity contribution in [2.45, 2.75) is 31.1 Å². The van der Waals surface area contributed by atoms with Gasteiger partial charge in [-0.2, -0.15) is 0 Å². The van der Waals surface area contributed by atoms with Gasteiger partial charge in [0.15, 0.2) is 10.2 Å². The second-order valence-corrected chi connectivity index (χ2v) is 8.06. The van der Waals surface area contributed by atoms with E-state index >= 15 is 0 Å². The molecule has 134 valence electrons. The number of amides is 1. The summed E-state index contributed by atoms with van der Waals surface area (Å²) in [4.78, 5) is 15.6. The first-order valence-electron chi connectivity index (χ1n) is 7.54. The van der Waals surface area contributed by atoms with Gasteiger partial charge in [-0.05, 0) is 42.9 Å². The van der Waals surface area contributed by atoms with Crippen LogP contribution in [0.25, 0.3) is 0 Å². The van der Waals surface area contributed by atoms with Gasteiger partial charge in [-0.1, -0.05) is 13.3 Å². The van der Waals surface area contributed by atoms with Crippen LogP contribution in [0.5, 0.6) is 0 Å². The summed E-state index contributed by atoms with van der Waals surface area (Å²) in [5.74, 6) is -0.147. The second-order valence-electron chi connectivity index (χ2n) is 5.07. The maximum absolute atomic E-state index is 12.2. The average molecular weight is 399 g/mol. The van der Waals surface area contributed by atoms with Crippen molar-refractivity contribution in [1.29, 1.82) is 0 Å². The number of sulfonamides is 1. The van der Waals surface area contributed by atoms with E-state index in [-0.39, 0.29) is 15.9 Å². The van der Waals surface area contributed by atoms with Crippen molar-refractivity contribution in [2.75, 3.05) is 10.0 Å². The highest BCUT2D eigenvalue weighted by Crippen LogP contribution is 2.19. The number of rotatable bonds is 7. The van der Waals surface area contributed by atoms with Crippen LogP contribution >= 0.6 is 23.6 Å². The number of carbonyl (C=O) groups is 1. The lowest BCUT2D eigenvalue weighted by Crippen LogP contribution is -2.33. The molecule has 0 radical (unpaired) electrons. The fourth-order valence-electron chi connectivity index (χ4n) is 1.85. The van der Waals surface area contributed by atoms with Crippen LogP contribution in [-0.4, -0.2) is 24.4 Å². The number of aromatic nitrogens is 1. The smallest absolute Gasteiger partial charge is 0.263 e. The van der Waals surface area contributed by atoms with Crippen molar-refractivity contribution in [1.82, 2.24) is 10.3 Å².